The molecule has 26 heavy (non-hydrogen) atoms. The lowest BCUT2D eigenvalue weighted by molar-refractivity contribution is -0.149. The summed E-state index contributed by atoms with van der Waals surface area (Å²) in [6, 6.07) is 3.37. The molecule has 0 saturated heterocycles. The molecule has 1 N–H and O–H groups in total. The molecule has 0 aliphatic carbocycles. The fourth-order valence-corrected chi connectivity index (χ4v) is 3.04. The number of carbonyl (C=O) groups is 1. The Bertz CT molecular complexity index is 783. The zero-order valence-electron chi connectivity index (χ0n) is 14.3. The van der Waals surface area contributed by atoms with Gasteiger partial charge in [-0.2, -0.15) is 23.4 Å². The lowest BCUT2D eigenvalue weighted by Gasteiger charge is -2.20. The van der Waals surface area contributed by atoms with Crippen LogP contribution in [0.4, 0.5) is 13.2 Å². The summed E-state index contributed by atoms with van der Waals surface area (Å²) in [5, 5.41) is 18.9. The van der Waals surface area contributed by atoms with Crippen LogP contribution in [0.5, 0.6) is 0 Å². The number of halogens is 3. The first-order valence-electron chi connectivity index (χ1n) is 8.32. The third kappa shape index (κ3) is 4.06. The normalized spacial score (nSPS) is 16.3. The molecule has 3 heterocycles. The van der Waals surface area contributed by atoms with Gasteiger partial charge in [-0.05, 0) is 18.6 Å². The summed E-state index contributed by atoms with van der Waals surface area (Å²) in [7, 11) is 1.71. The Hall–Kier alpha value is -2.36. The molecule has 142 valence electrons. The monoisotopic (exact) mass is 371 g/mol. The smallest absolute Gasteiger partial charge is 0.380 e. The van der Waals surface area contributed by atoms with Crippen LogP contribution in [-0.4, -0.2) is 48.2 Å². The van der Waals surface area contributed by atoms with Crippen molar-refractivity contribution in [2.75, 3.05) is 6.54 Å². The number of hydrogen-bond acceptors (Lipinski definition) is 4. The maximum absolute atomic E-state index is 12.3. The van der Waals surface area contributed by atoms with Gasteiger partial charge in [0.25, 0.3) is 0 Å². The number of carbonyl (C=O) groups excluding carboxylic acids is 1. The van der Waals surface area contributed by atoms with Crippen molar-refractivity contribution in [3.8, 4) is 0 Å². The number of fused-ring (bicyclic) bond motifs is 1. The third-order valence-electron chi connectivity index (χ3n) is 4.43. The predicted octanol–water partition coefficient (Wildman–Crippen LogP) is 1.77. The van der Waals surface area contributed by atoms with E-state index in [9.17, 15) is 23.1 Å². The molecule has 0 saturated carbocycles. The van der Waals surface area contributed by atoms with E-state index in [0.717, 1.165) is 0 Å². The predicted molar refractivity (Wildman–Crippen MR) is 84.8 cm³/mol. The van der Waals surface area contributed by atoms with Crippen LogP contribution >= 0.6 is 0 Å². The third-order valence-corrected chi connectivity index (χ3v) is 4.43. The average Bonchev–Trinajstić information content (AvgIpc) is 3.12. The standard InChI is InChI=1S/C16H20F3N5O2/c1-22-13(4-6-20-22)15(26)12-9-11-10-23(7-2-8-24(11)21-12)14(25)3-5-16(17,18)19/h4,6,9,15,26H,2-3,5,7-8,10H2,1H3/t15-/m0/s1. The van der Waals surface area contributed by atoms with E-state index in [4.69, 9.17) is 0 Å². The van der Waals surface area contributed by atoms with Crippen molar-refractivity contribution in [2.24, 2.45) is 7.05 Å². The van der Waals surface area contributed by atoms with Gasteiger partial charge < -0.3 is 10.0 Å². The van der Waals surface area contributed by atoms with Crippen molar-refractivity contribution in [3.05, 3.63) is 35.4 Å². The van der Waals surface area contributed by atoms with Crippen LogP contribution in [-0.2, 0) is 24.9 Å². The van der Waals surface area contributed by atoms with E-state index in [0.29, 0.717) is 36.6 Å². The van der Waals surface area contributed by atoms with Gasteiger partial charge in [-0.1, -0.05) is 0 Å². The van der Waals surface area contributed by atoms with Crippen molar-refractivity contribution in [1.29, 1.82) is 0 Å². The molecule has 0 bridgehead atoms. The SMILES string of the molecule is Cn1nccc1[C@@H](O)c1cc2n(n1)CCCN(C(=O)CCC(F)(F)F)C2. The van der Waals surface area contributed by atoms with Gasteiger partial charge >= 0.3 is 6.18 Å². The number of aliphatic hydroxyl groups is 1. The highest BCUT2D eigenvalue weighted by Gasteiger charge is 2.30. The second kappa shape index (κ2) is 7.10. The summed E-state index contributed by atoms with van der Waals surface area (Å²) < 4.78 is 40.3. The average molecular weight is 371 g/mol. The minimum Gasteiger partial charge on any atom is -0.380 e. The fraction of sp³-hybridized carbons (Fsp3) is 0.562. The van der Waals surface area contributed by atoms with Crippen molar-refractivity contribution in [2.45, 2.75) is 44.6 Å². The molecule has 2 aromatic rings. The quantitative estimate of drug-likeness (QED) is 0.889. The summed E-state index contributed by atoms with van der Waals surface area (Å²) in [5.41, 5.74) is 1.70. The number of hydrogen-bond donors (Lipinski definition) is 1. The van der Waals surface area contributed by atoms with Crippen LogP contribution in [0.3, 0.4) is 0 Å². The Labute approximate surface area is 148 Å². The molecule has 7 nitrogen and oxygen atoms in total. The molecular weight excluding hydrogens is 351 g/mol. The Balaban J connectivity index is 1.73. The number of nitrogens with zero attached hydrogens (tertiary/aromatic N) is 5. The van der Waals surface area contributed by atoms with Crippen LogP contribution in [0, 0.1) is 0 Å². The first kappa shape index (κ1) is 18.4. The van der Waals surface area contributed by atoms with Gasteiger partial charge in [0, 0.05) is 32.8 Å². The molecule has 0 aromatic carbocycles. The summed E-state index contributed by atoms with van der Waals surface area (Å²) in [4.78, 5) is 13.5. The van der Waals surface area contributed by atoms with Crippen molar-refractivity contribution < 1.29 is 23.1 Å². The van der Waals surface area contributed by atoms with E-state index in [-0.39, 0.29) is 6.54 Å². The second-order valence-corrected chi connectivity index (χ2v) is 6.35. The van der Waals surface area contributed by atoms with Crippen molar-refractivity contribution in [1.82, 2.24) is 24.5 Å². The van der Waals surface area contributed by atoms with Gasteiger partial charge in [0.2, 0.25) is 5.91 Å². The van der Waals surface area contributed by atoms with E-state index < -0.39 is 31.0 Å². The highest BCUT2D eigenvalue weighted by molar-refractivity contribution is 5.76. The first-order valence-corrected chi connectivity index (χ1v) is 8.32. The Kier molecular flexibility index (Phi) is 5.03. The van der Waals surface area contributed by atoms with E-state index in [1.165, 1.54) is 4.90 Å². The molecule has 3 rings (SSSR count). The molecule has 1 amide bonds. The summed E-state index contributed by atoms with van der Waals surface area (Å²) in [6.45, 7) is 1.11. The van der Waals surface area contributed by atoms with Crippen LogP contribution in [0.1, 0.15) is 42.4 Å². The van der Waals surface area contributed by atoms with E-state index in [1.54, 1.807) is 34.7 Å². The van der Waals surface area contributed by atoms with Gasteiger partial charge in [0.05, 0.1) is 30.0 Å². The molecule has 0 spiro atoms. The maximum atomic E-state index is 12.3. The summed E-state index contributed by atoms with van der Waals surface area (Å²) in [6.07, 6.45) is -4.82. The summed E-state index contributed by atoms with van der Waals surface area (Å²) >= 11 is 0. The number of amides is 1. The van der Waals surface area contributed by atoms with E-state index in [1.807, 2.05) is 0 Å². The molecular formula is C16H20F3N5O2. The highest BCUT2D eigenvalue weighted by atomic mass is 19.4. The van der Waals surface area contributed by atoms with Crippen molar-refractivity contribution in [3.63, 3.8) is 0 Å². The van der Waals surface area contributed by atoms with Gasteiger partial charge in [-0.25, -0.2) is 0 Å². The number of aryl methyl sites for hydroxylation is 2. The molecule has 1 aliphatic rings. The van der Waals surface area contributed by atoms with Gasteiger partial charge in [-0.3, -0.25) is 14.2 Å². The molecule has 0 fully saturated rings. The topological polar surface area (TPSA) is 76.2 Å². The fourth-order valence-electron chi connectivity index (χ4n) is 3.04. The molecule has 0 unspecified atom stereocenters. The second-order valence-electron chi connectivity index (χ2n) is 6.35. The molecule has 1 aliphatic heterocycles. The molecule has 0 radical (unpaired) electrons. The highest BCUT2D eigenvalue weighted by Crippen LogP contribution is 2.25. The Morgan fingerprint density at radius 1 is 1.38 bits per heavy atom. The number of aliphatic hydroxyl groups excluding tert-OH is 1. The van der Waals surface area contributed by atoms with Gasteiger partial charge in [-0.15, -0.1) is 0 Å². The zero-order chi connectivity index (χ0) is 18.9. The van der Waals surface area contributed by atoms with Crippen molar-refractivity contribution >= 4 is 5.91 Å². The Morgan fingerprint density at radius 2 is 2.15 bits per heavy atom. The van der Waals surface area contributed by atoms with Crippen LogP contribution < -0.4 is 0 Å². The van der Waals surface area contributed by atoms with Crippen LogP contribution in [0.2, 0.25) is 0 Å². The number of aromatic nitrogens is 4. The Morgan fingerprint density at radius 3 is 2.81 bits per heavy atom. The largest absolute Gasteiger partial charge is 0.389 e. The van der Waals surface area contributed by atoms with E-state index >= 15 is 0 Å². The minimum atomic E-state index is -4.34. The minimum absolute atomic E-state index is 0.182. The van der Waals surface area contributed by atoms with Crippen LogP contribution in [0.15, 0.2) is 18.3 Å². The maximum Gasteiger partial charge on any atom is 0.389 e. The van der Waals surface area contributed by atoms with E-state index in [2.05, 4.69) is 10.2 Å². The first-order chi connectivity index (χ1) is 12.2. The summed E-state index contributed by atoms with van der Waals surface area (Å²) in [5.74, 6) is -0.522. The molecule has 1 atom stereocenters. The van der Waals surface area contributed by atoms with Crippen LogP contribution in [0.25, 0.3) is 0 Å². The lowest BCUT2D eigenvalue weighted by Crippen LogP contribution is -2.31. The number of alkyl halides is 3. The van der Waals surface area contributed by atoms with Gasteiger partial charge in [0.1, 0.15) is 6.10 Å². The lowest BCUT2D eigenvalue weighted by atomic mass is 10.1. The molecule has 10 heteroatoms. The van der Waals surface area contributed by atoms with Gasteiger partial charge in [0.15, 0.2) is 0 Å². The molecule has 2 aromatic heterocycles. The zero-order valence-corrected chi connectivity index (χ0v) is 14.3. The number of rotatable bonds is 4.